The van der Waals surface area contributed by atoms with Gasteiger partial charge in [-0.05, 0) is 48.5 Å². The molecular formula is C21H18N2O3S. The van der Waals surface area contributed by atoms with Crippen LogP contribution in [-0.2, 0) is 9.84 Å². The van der Waals surface area contributed by atoms with E-state index in [9.17, 15) is 8.42 Å². The van der Waals surface area contributed by atoms with Crippen LogP contribution in [0.3, 0.4) is 0 Å². The molecule has 6 heteroatoms. The molecule has 0 radical (unpaired) electrons. The minimum absolute atomic E-state index is 0.284. The van der Waals surface area contributed by atoms with Crippen LogP contribution in [0.4, 0.5) is 0 Å². The highest BCUT2D eigenvalue weighted by Crippen LogP contribution is 2.33. The van der Waals surface area contributed by atoms with E-state index in [1.807, 2.05) is 53.1 Å². The van der Waals surface area contributed by atoms with Gasteiger partial charge in [0.1, 0.15) is 11.6 Å². The minimum Gasteiger partial charge on any atom is -0.495 e. The van der Waals surface area contributed by atoms with Gasteiger partial charge in [-0.3, -0.25) is 4.57 Å². The first-order valence-electron chi connectivity index (χ1n) is 8.40. The van der Waals surface area contributed by atoms with Gasteiger partial charge in [-0.15, -0.1) is 0 Å². The monoisotopic (exact) mass is 378 g/mol. The van der Waals surface area contributed by atoms with Gasteiger partial charge >= 0.3 is 0 Å². The largest absolute Gasteiger partial charge is 0.495 e. The minimum atomic E-state index is -3.25. The smallest absolute Gasteiger partial charge is 0.175 e. The lowest BCUT2D eigenvalue weighted by molar-refractivity contribution is 0.413. The molecule has 0 aliphatic heterocycles. The molecule has 0 saturated carbocycles. The number of methoxy groups -OCH3 is 1. The van der Waals surface area contributed by atoms with Crippen LogP contribution in [0.1, 0.15) is 0 Å². The number of fused-ring (bicyclic) bond motifs is 1. The van der Waals surface area contributed by atoms with Crippen molar-refractivity contribution < 1.29 is 13.2 Å². The highest BCUT2D eigenvalue weighted by Gasteiger charge is 2.17. The standard InChI is InChI=1S/C21H18N2O3S/c1-26-20-10-6-5-9-19(20)23-18-8-4-3-7-17(18)22-21(23)15-11-13-16(14-12-15)27(2,24)25/h3-14H,1-2H3. The maximum Gasteiger partial charge on any atom is 0.175 e. The molecule has 0 unspecified atom stereocenters. The quantitative estimate of drug-likeness (QED) is 0.536. The van der Waals surface area contributed by atoms with E-state index in [0.717, 1.165) is 33.9 Å². The zero-order valence-corrected chi connectivity index (χ0v) is 15.8. The summed E-state index contributed by atoms with van der Waals surface area (Å²) in [5.74, 6) is 1.45. The maximum absolute atomic E-state index is 11.8. The molecule has 0 aliphatic carbocycles. The van der Waals surface area contributed by atoms with E-state index in [1.54, 1.807) is 31.4 Å². The lowest BCUT2D eigenvalue weighted by Gasteiger charge is -2.13. The Hall–Kier alpha value is -3.12. The third-order valence-corrected chi connectivity index (χ3v) is 5.56. The van der Waals surface area contributed by atoms with Gasteiger partial charge in [-0.1, -0.05) is 24.3 Å². The molecule has 5 nitrogen and oxygen atoms in total. The van der Waals surface area contributed by atoms with Gasteiger partial charge in [0.25, 0.3) is 0 Å². The van der Waals surface area contributed by atoms with Crippen molar-refractivity contribution in [1.29, 1.82) is 0 Å². The fraction of sp³-hybridized carbons (Fsp3) is 0.0952. The summed E-state index contributed by atoms with van der Waals surface area (Å²) in [4.78, 5) is 5.07. The summed E-state index contributed by atoms with van der Waals surface area (Å²) in [5, 5.41) is 0. The second kappa shape index (κ2) is 6.55. The third-order valence-electron chi connectivity index (χ3n) is 4.43. The van der Waals surface area contributed by atoms with Gasteiger partial charge < -0.3 is 4.74 Å². The molecule has 0 N–H and O–H groups in total. The molecule has 4 aromatic rings. The van der Waals surface area contributed by atoms with Gasteiger partial charge in [0.2, 0.25) is 0 Å². The van der Waals surface area contributed by atoms with Crippen LogP contribution in [0.15, 0.2) is 77.7 Å². The summed E-state index contributed by atoms with van der Waals surface area (Å²) < 4.78 is 31.1. The summed E-state index contributed by atoms with van der Waals surface area (Å²) in [7, 11) is -1.61. The summed E-state index contributed by atoms with van der Waals surface area (Å²) in [6.45, 7) is 0. The number of para-hydroxylation sites is 4. The Labute approximate surface area is 157 Å². The van der Waals surface area contributed by atoms with Gasteiger partial charge in [0.05, 0.1) is 28.7 Å². The number of hydrogen-bond acceptors (Lipinski definition) is 4. The van der Waals surface area contributed by atoms with Crippen molar-refractivity contribution in [3.63, 3.8) is 0 Å². The highest BCUT2D eigenvalue weighted by molar-refractivity contribution is 7.90. The number of aromatic nitrogens is 2. The molecular weight excluding hydrogens is 360 g/mol. The van der Waals surface area contributed by atoms with E-state index in [0.29, 0.717) is 0 Å². The molecule has 0 atom stereocenters. The van der Waals surface area contributed by atoms with Crippen LogP contribution in [0.25, 0.3) is 28.1 Å². The van der Waals surface area contributed by atoms with E-state index in [1.165, 1.54) is 6.26 Å². The van der Waals surface area contributed by atoms with Crippen molar-refractivity contribution in [3.8, 4) is 22.8 Å². The normalized spacial score (nSPS) is 11.6. The number of nitrogens with zero attached hydrogens (tertiary/aromatic N) is 2. The van der Waals surface area contributed by atoms with Crippen molar-refractivity contribution in [2.24, 2.45) is 0 Å². The van der Waals surface area contributed by atoms with E-state index in [2.05, 4.69) is 0 Å². The lowest BCUT2D eigenvalue weighted by Crippen LogP contribution is -2.01. The predicted octanol–water partition coefficient (Wildman–Crippen LogP) is 4.10. The second-order valence-electron chi connectivity index (χ2n) is 6.23. The van der Waals surface area contributed by atoms with Crippen molar-refractivity contribution in [3.05, 3.63) is 72.8 Å². The molecule has 0 spiro atoms. The van der Waals surface area contributed by atoms with Crippen LogP contribution >= 0.6 is 0 Å². The molecule has 0 fully saturated rings. The number of imidazole rings is 1. The Morgan fingerprint density at radius 3 is 2.26 bits per heavy atom. The fourth-order valence-corrected chi connectivity index (χ4v) is 3.76. The Morgan fingerprint density at radius 2 is 1.56 bits per heavy atom. The molecule has 1 aromatic heterocycles. The number of benzene rings is 3. The van der Waals surface area contributed by atoms with E-state index in [-0.39, 0.29) is 4.90 Å². The van der Waals surface area contributed by atoms with Crippen molar-refractivity contribution >= 4 is 20.9 Å². The lowest BCUT2D eigenvalue weighted by atomic mass is 10.2. The van der Waals surface area contributed by atoms with Gasteiger partial charge in [0.15, 0.2) is 9.84 Å². The van der Waals surface area contributed by atoms with Crippen LogP contribution in [0.2, 0.25) is 0 Å². The summed E-state index contributed by atoms with van der Waals surface area (Å²) >= 11 is 0. The molecule has 4 rings (SSSR count). The first kappa shape index (κ1) is 17.3. The predicted molar refractivity (Wildman–Crippen MR) is 106 cm³/mol. The molecule has 3 aromatic carbocycles. The number of rotatable bonds is 4. The number of sulfone groups is 1. The van der Waals surface area contributed by atoms with Crippen LogP contribution in [0, 0.1) is 0 Å². The van der Waals surface area contributed by atoms with E-state index in [4.69, 9.17) is 9.72 Å². The first-order chi connectivity index (χ1) is 13.0. The van der Waals surface area contributed by atoms with Crippen molar-refractivity contribution in [1.82, 2.24) is 9.55 Å². The average Bonchev–Trinajstić information content (AvgIpc) is 3.06. The zero-order valence-electron chi connectivity index (χ0n) is 15.0. The molecule has 0 saturated heterocycles. The van der Waals surface area contributed by atoms with Crippen LogP contribution in [0.5, 0.6) is 5.75 Å². The van der Waals surface area contributed by atoms with E-state index < -0.39 is 9.84 Å². The van der Waals surface area contributed by atoms with Crippen LogP contribution in [-0.4, -0.2) is 31.3 Å². The first-order valence-corrected chi connectivity index (χ1v) is 10.3. The molecule has 0 amide bonds. The van der Waals surface area contributed by atoms with Gasteiger partial charge in [-0.2, -0.15) is 0 Å². The fourth-order valence-electron chi connectivity index (χ4n) is 3.13. The molecule has 136 valence electrons. The molecule has 1 heterocycles. The SMILES string of the molecule is COc1ccccc1-n1c(-c2ccc(S(C)(=O)=O)cc2)nc2ccccc21. The summed E-state index contributed by atoms with van der Waals surface area (Å²) in [6.07, 6.45) is 1.20. The number of hydrogen-bond donors (Lipinski definition) is 0. The van der Waals surface area contributed by atoms with Gasteiger partial charge in [0, 0.05) is 11.8 Å². The summed E-state index contributed by atoms with van der Waals surface area (Å²) in [5.41, 5.74) is 3.50. The summed E-state index contributed by atoms with van der Waals surface area (Å²) in [6, 6.07) is 22.4. The Bertz CT molecular complexity index is 1230. The zero-order chi connectivity index (χ0) is 19.0. The Morgan fingerprint density at radius 1 is 0.889 bits per heavy atom. The van der Waals surface area contributed by atoms with Crippen LogP contribution < -0.4 is 4.74 Å². The topological polar surface area (TPSA) is 61.2 Å². The highest BCUT2D eigenvalue weighted by atomic mass is 32.2. The third kappa shape index (κ3) is 3.08. The van der Waals surface area contributed by atoms with Crippen molar-refractivity contribution in [2.75, 3.05) is 13.4 Å². The Kier molecular flexibility index (Phi) is 4.20. The molecule has 0 aliphatic rings. The van der Waals surface area contributed by atoms with Gasteiger partial charge in [-0.25, -0.2) is 13.4 Å². The number of ether oxygens (including phenoxy) is 1. The van der Waals surface area contributed by atoms with Crippen molar-refractivity contribution in [2.45, 2.75) is 4.90 Å². The average molecular weight is 378 g/mol. The molecule has 27 heavy (non-hydrogen) atoms. The van der Waals surface area contributed by atoms with E-state index >= 15 is 0 Å². The maximum atomic E-state index is 11.8. The second-order valence-corrected chi connectivity index (χ2v) is 8.24. The Balaban J connectivity index is 1.99. The molecule has 0 bridgehead atoms.